The quantitative estimate of drug-likeness (QED) is 0.379. The van der Waals surface area contributed by atoms with Gasteiger partial charge in [-0.3, -0.25) is 4.79 Å². The summed E-state index contributed by atoms with van der Waals surface area (Å²) in [7, 11) is 0. The number of anilines is 1. The molecule has 1 amide bonds. The largest absolute Gasteiger partial charge is 0.339 e. The Morgan fingerprint density at radius 2 is 1.80 bits per heavy atom. The van der Waals surface area contributed by atoms with Gasteiger partial charge in [0.2, 0.25) is 17.6 Å². The summed E-state index contributed by atoms with van der Waals surface area (Å²) in [4.78, 5) is 18.9. The summed E-state index contributed by atoms with van der Waals surface area (Å²) in [6, 6.07) is 25.0. The molecule has 0 bridgehead atoms. The Bertz CT molecular complexity index is 1150. The summed E-state index contributed by atoms with van der Waals surface area (Å²) >= 11 is 7.61. The standard InChI is InChI=1S/C23H18ClN3O2S/c24-17-8-6-7-16(15-17)23-26-22(29-27-23)14-13-21(28)25-19-11-4-5-12-20(19)30-18-9-2-1-3-10-18/h1-12,15H,13-14H2,(H,25,28). The van der Waals surface area contributed by atoms with Crippen molar-refractivity contribution in [2.45, 2.75) is 22.6 Å². The molecule has 30 heavy (non-hydrogen) atoms. The smallest absolute Gasteiger partial charge is 0.227 e. The molecule has 1 N–H and O–H groups in total. The normalized spacial score (nSPS) is 10.7. The maximum absolute atomic E-state index is 12.5. The van der Waals surface area contributed by atoms with Gasteiger partial charge in [0.25, 0.3) is 0 Å². The number of hydrogen-bond donors (Lipinski definition) is 1. The molecule has 0 saturated heterocycles. The number of nitrogens with zero attached hydrogens (tertiary/aromatic N) is 2. The fourth-order valence-corrected chi connectivity index (χ4v) is 3.92. The predicted octanol–water partition coefficient (Wildman–Crippen LogP) is 6.11. The first-order chi connectivity index (χ1) is 14.7. The lowest BCUT2D eigenvalue weighted by molar-refractivity contribution is -0.116. The zero-order chi connectivity index (χ0) is 20.8. The molecule has 5 nitrogen and oxygen atoms in total. The Kier molecular flexibility index (Phi) is 6.47. The highest BCUT2D eigenvalue weighted by Gasteiger charge is 2.12. The minimum Gasteiger partial charge on any atom is -0.339 e. The first-order valence-corrected chi connectivity index (χ1v) is 10.6. The van der Waals surface area contributed by atoms with Crippen molar-refractivity contribution >= 4 is 35.0 Å². The van der Waals surface area contributed by atoms with E-state index in [9.17, 15) is 4.79 Å². The molecule has 0 aliphatic rings. The van der Waals surface area contributed by atoms with Crippen molar-refractivity contribution in [1.82, 2.24) is 10.1 Å². The van der Waals surface area contributed by atoms with Gasteiger partial charge in [-0.1, -0.05) is 71.0 Å². The van der Waals surface area contributed by atoms with E-state index in [1.165, 1.54) is 0 Å². The van der Waals surface area contributed by atoms with Crippen LogP contribution in [0.1, 0.15) is 12.3 Å². The number of carbonyl (C=O) groups is 1. The van der Waals surface area contributed by atoms with E-state index in [-0.39, 0.29) is 12.3 Å². The number of aryl methyl sites for hydroxylation is 1. The third-order valence-electron chi connectivity index (χ3n) is 4.25. The Morgan fingerprint density at radius 3 is 2.63 bits per heavy atom. The monoisotopic (exact) mass is 435 g/mol. The lowest BCUT2D eigenvalue weighted by atomic mass is 10.2. The highest BCUT2D eigenvalue weighted by Crippen LogP contribution is 2.33. The number of aromatic nitrogens is 2. The lowest BCUT2D eigenvalue weighted by Gasteiger charge is -2.10. The molecule has 0 aliphatic heterocycles. The molecule has 0 aliphatic carbocycles. The van der Waals surface area contributed by atoms with E-state index in [2.05, 4.69) is 15.5 Å². The lowest BCUT2D eigenvalue weighted by Crippen LogP contribution is -2.13. The fourth-order valence-electron chi connectivity index (χ4n) is 2.81. The predicted molar refractivity (Wildman–Crippen MR) is 119 cm³/mol. The minimum atomic E-state index is -0.112. The molecule has 4 aromatic rings. The highest BCUT2D eigenvalue weighted by atomic mass is 35.5. The van der Waals surface area contributed by atoms with Crippen LogP contribution in [0.3, 0.4) is 0 Å². The number of halogens is 1. The number of benzene rings is 3. The van der Waals surface area contributed by atoms with Crippen LogP contribution in [0.4, 0.5) is 5.69 Å². The van der Waals surface area contributed by atoms with Crippen LogP contribution >= 0.6 is 23.4 Å². The number of para-hydroxylation sites is 1. The van der Waals surface area contributed by atoms with Crippen molar-refractivity contribution in [3.05, 3.63) is 89.8 Å². The van der Waals surface area contributed by atoms with Gasteiger partial charge in [0, 0.05) is 33.2 Å². The topological polar surface area (TPSA) is 68.0 Å². The summed E-state index contributed by atoms with van der Waals surface area (Å²) in [5.41, 5.74) is 1.55. The van der Waals surface area contributed by atoms with Crippen molar-refractivity contribution in [2.24, 2.45) is 0 Å². The molecule has 7 heteroatoms. The van der Waals surface area contributed by atoms with E-state index < -0.39 is 0 Å². The summed E-state index contributed by atoms with van der Waals surface area (Å²) in [5.74, 6) is 0.753. The summed E-state index contributed by atoms with van der Waals surface area (Å²) < 4.78 is 5.27. The van der Waals surface area contributed by atoms with Crippen LogP contribution in [0, 0.1) is 0 Å². The number of nitrogens with one attached hydrogen (secondary N) is 1. The first kappa shape index (κ1) is 20.2. The third kappa shape index (κ3) is 5.28. The third-order valence-corrected chi connectivity index (χ3v) is 5.57. The van der Waals surface area contributed by atoms with E-state index in [0.29, 0.717) is 23.2 Å². The van der Waals surface area contributed by atoms with Gasteiger partial charge in [-0.2, -0.15) is 4.98 Å². The molecule has 0 saturated carbocycles. The summed E-state index contributed by atoms with van der Waals surface area (Å²) in [6.45, 7) is 0. The minimum absolute atomic E-state index is 0.112. The molecule has 0 radical (unpaired) electrons. The van der Waals surface area contributed by atoms with Crippen LogP contribution in [-0.2, 0) is 11.2 Å². The van der Waals surface area contributed by atoms with Crippen molar-refractivity contribution in [3.63, 3.8) is 0 Å². The Labute approximate surface area is 183 Å². The van der Waals surface area contributed by atoms with Gasteiger partial charge in [0.15, 0.2) is 0 Å². The van der Waals surface area contributed by atoms with Crippen LogP contribution in [-0.4, -0.2) is 16.0 Å². The number of hydrogen-bond acceptors (Lipinski definition) is 5. The van der Waals surface area contributed by atoms with E-state index in [1.807, 2.05) is 66.7 Å². The van der Waals surface area contributed by atoms with Crippen molar-refractivity contribution < 1.29 is 9.32 Å². The zero-order valence-corrected chi connectivity index (χ0v) is 17.5. The van der Waals surface area contributed by atoms with E-state index in [4.69, 9.17) is 16.1 Å². The number of carbonyl (C=O) groups excluding carboxylic acids is 1. The number of amides is 1. The van der Waals surface area contributed by atoms with Crippen molar-refractivity contribution in [2.75, 3.05) is 5.32 Å². The van der Waals surface area contributed by atoms with Gasteiger partial charge in [-0.05, 0) is 36.4 Å². The van der Waals surface area contributed by atoms with Gasteiger partial charge in [0.05, 0.1) is 5.69 Å². The highest BCUT2D eigenvalue weighted by molar-refractivity contribution is 7.99. The second kappa shape index (κ2) is 9.61. The van der Waals surface area contributed by atoms with Gasteiger partial charge in [0.1, 0.15) is 0 Å². The second-order valence-electron chi connectivity index (χ2n) is 6.48. The first-order valence-electron chi connectivity index (χ1n) is 9.38. The van der Waals surface area contributed by atoms with Crippen LogP contribution in [0.15, 0.2) is 93.2 Å². The van der Waals surface area contributed by atoms with Gasteiger partial charge in [-0.25, -0.2) is 0 Å². The average Bonchev–Trinajstić information content (AvgIpc) is 3.24. The summed E-state index contributed by atoms with van der Waals surface area (Å²) in [5, 5.41) is 7.55. The van der Waals surface area contributed by atoms with Gasteiger partial charge < -0.3 is 9.84 Å². The molecule has 0 fully saturated rings. The van der Waals surface area contributed by atoms with Crippen molar-refractivity contribution in [1.29, 1.82) is 0 Å². The Balaban J connectivity index is 1.37. The average molecular weight is 436 g/mol. The molecule has 0 spiro atoms. The summed E-state index contributed by atoms with van der Waals surface area (Å²) in [6.07, 6.45) is 0.592. The maximum Gasteiger partial charge on any atom is 0.227 e. The number of rotatable bonds is 7. The molecular formula is C23H18ClN3O2S. The van der Waals surface area contributed by atoms with Crippen molar-refractivity contribution in [3.8, 4) is 11.4 Å². The van der Waals surface area contributed by atoms with Gasteiger partial charge in [-0.15, -0.1) is 0 Å². The van der Waals surface area contributed by atoms with Crippen LogP contribution in [0.2, 0.25) is 5.02 Å². The van der Waals surface area contributed by atoms with E-state index >= 15 is 0 Å². The second-order valence-corrected chi connectivity index (χ2v) is 8.03. The molecule has 4 rings (SSSR count). The molecule has 3 aromatic carbocycles. The maximum atomic E-state index is 12.5. The Morgan fingerprint density at radius 1 is 1.00 bits per heavy atom. The molecule has 0 atom stereocenters. The molecule has 150 valence electrons. The fraction of sp³-hybridized carbons (Fsp3) is 0.0870. The van der Waals surface area contributed by atoms with Crippen LogP contribution in [0.25, 0.3) is 11.4 Å². The van der Waals surface area contributed by atoms with E-state index in [1.54, 1.807) is 23.9 Å². The van der Waals surface area contributed by atoms with Gasteiger partial charge >= 0.3 is 0 Å². The zero-order valence-electron chi connectivity index (χ0n) is 15.9. The SMILES string of the molecule is O=C(CCc1nc(-c2cccc(Cl)c2)no1)Nc1ccccc1Sc1ccccc1. The molecular weight excluding hydrogens is 418 g/mol. The van der Waals surface area contributed by atoms with E-state index in [0.717, 1.165) is 21.0 Å². The molecule has 0 unspecified atom stereocenters. The molecule has 1 heterocycles. The Hall–Kier alpha value is -3.09. The van der Waals surface area contributed by atoms with Crippen LogP contribution < -0.4 is 5.32 Å². The van der Waals surface area contributed by atoms with Crippen LogP contribution in [0.5, 0.6) is 0 Å². The molecule has 1 aromatic heterocycles.